The Morgan fingerprint density at radius 1 is 0.676 bits per heavy atom. The lowest BCUT2D eigenvalue weighted by Gasteiger charge is -2.41. The van der Waals surface area contributed by atoms with E-state index in [4.69, 9.17) is 18.5 Å². The Bertz CT molecular complexity index is 1250. The Morgan fingerprint density at radius 3 is 1.60 bits per heavy atom. The van der Waals surface area contributed by atoms with Crippen LogP contribution >= 0.6 is 7.82 Å². The largest absolute Gasteiger partial charge is 0.756 e. The zero-order valence-corrected chi connectivity index (χ0v) is 45.4. The summed E-state index contributed by atoms with van der Waals surface area (Å²) < 4.78 is 34.3. The number of ether oxygens (including phenoxy) is 2. The zero-order valence-electron chi connectivity index (χ0n) is 44.5. The molecule has 1 saturated heterocycles. The summed E-state index contributed by atoms with van der Waals surface area (Å²) in [5.74, 6) is 0.555. The van der Waals surface area contributed by atoms with E-state index in [0.29, 0.717) is 17.4 Å². The Morgan fingerprint density at radius 2 is 1.13 bits per heavy atom. The molecule has 1 aliphatic rings. The predicted octanol–water partition coefficient (Wildman–Crippen LogP) is 11.0. The molecule has 0 aliphatic carbocycles. The normalized spacial score (nSPS) is 20.9. The molecule has 0 aromatic carbocycles. The molecule has 404 valence electrons. The van der Waals surface area contributed by atoms with E-state index in [-0.39, 0.29) is 19.1 Å². The lowest BCUT2D eigenvalue weighted by atomic mass is 9.99. The molecular formula is C54H107N2O11P. The quantitative estimate of drug-likeness (QED) is 0.0169. The minimum Gasteiger partial charge on any atom is -0.756 e. The van der Waals surface area contributed by atoms with Crippen LogP contribution in [0.3, 0.4) is 0 Å². The van der Waals surface area contributed by atoms with E-state index >= 15 is 0 Å². The second-order valence-electron chi connectivity index (χ2n) is 21.5. The van der Waals surface area contributed by atoms with Crippen molar-refractivity contribution in [3.8, 4) is 0 Å². The third-order valence-corrected chi connectivity index (χ3v) is 14.2. The van der Waals surface area contributed by atoms with Crippen LogP contribution in [0.4, 0.5) is 0 Å². The van der Waals surface area contributed by atoms with E-state index in [1.54, 1.807) is 6.08 Å². The maximum absolute atomic E-state index is 13.2. The summed E-state index contributed by atoms with van der Waals surface area (Å²) in [4.78, 5) is 25.6. The third-order valence-electron chi connectivity index (χ3n) is 13.3. The highest BCUT2D eigenvalue weighted by atomic mass is 31.2. The van der Waals surface area contributed by atoms with Crippen molar-refractivity contribution in [2.75, 3.05) is 47.5 Å². The number of allylic oxidation sites excluding steroid dienone is 1. The summed E-state index contributed by atoms with van der Waals surface area (Å²) in [7, 11) is 0.875. The summed E-state index contributed by atoms with van der Waals surface area (Å²) >= 11 is 0. The highest BCUT2D eigenvalue weighted by Gasteiger charge is 2.45. The van der Waals surface area contributed by atoms with E-state index < -0.39 is 57.3 Å². The van der Waals surface area contributed by atoms with E-state index in [9.17, 15) is 34.7 Å². The second-order valence-corrected chi connectivity index (χ2v) is 22.9. The molecular weight excluding hydrogens is 884 g/mol. The van der Waals surface area contributed by atoms with Crippen LogP contribution < -0.4 is 10.2 Å². The standard InChI is InChI=1S/C54H107N2O11P/c1-7-8-9-10-11-12-13-14-15-16-17-18-19-20-21-22-26-29-32-35-38-41-50(58)55-47(48(57)40-37-34-31-28-25-23-24-27-30-33-36-39-46(2)3)44-64-54-53(61)52(60)51(59)49(67-54)45-66-68(62,63)65-43-42-56(4,5)6/h37,40,46-49,51-54,57,59-61H,7-36,38-39,41-45H2,1-6H3,(H-,55,58,62,63)/b40-37+/t47-,48+,49+,51-,52-,53+,54+/m0/s1. The lowest BCUT2D eigenvalue weighted by Crippen LogP contribution is -2.60. The number of carbonyl (C=O) groups excluding carboxylic acids is 1. The number of phosphoric acid groups is 1. The van der Waals surface area contributed by atoms with Crippen LogP contribution in [0.2, 0.25) is 0 Å². The average Bonchev–Trinajstić information content (AvgIpc) is 3.28. The highest BCUT2D eigenvalue weighted by Crippen LogP contribution is 2.39. The first kappa shape index (κ1) is 65.1. The molecule has 1 fully saturated rings. The van der Waals surface area contributed by atoms with Crippen molar-refractivity contribution in [3.63, 3.8) is 0 Å². The molecule has 5 N–H and O–H groups in total. The van der Waals surface area contributed by atoms with Crippen molar-refractivity contribution in [1.82, 2.24) is 5.32 Å². The van der Waals surface area contributed by atoms with Gasteiger partial charge in [0.25, 0.3) is 7.82 Å². The van der Waals surface area contributed by atoms with Gasteiger partial charge in [0.15, 0.2) is 6.29 Å². The molecule has 1 aliphatic heterocycles. The van der Waals surface area contributed by atoms with E-state index in [1.165, 1.54) is 161 Å². The van der Waals surface area contributed by atoms with Gasteiger partial charge in [-0.1, -0.05) is 219 Å². The molecule has 0 aromatic heterocycles. The molecule has 1 heterocycles. The maximum Gasteiger partial charge on any atom is 0.268 e. The fourth-order valence-electron chi connectivity index (χ4n) is 8.66. The molecule has 1 rings (SSSR count). The van der Waals surface area contributed by atoms with E-state index in [1.807, 2.05) is 27.2 Å². The molecule has 0 bridgehead atoms. The summed E-state index contributed by atoms with van der Waals surface area (Å²) in [5, 5.41) is 46.1. The van der Waals surface area contributed by atoms with Gasteiger partial charge < -0.3 is 53.6 Å². The fourth-order valence-corrected chi connectivity index (χ4v) is 9.37. The van der Waals surface area contributed by atoms with Crippen LogP contribution in [-0.4, -0.2) is 121 Å². The number of quaternary nitrogens is 1. The number of carbonyl (C=O) groups is 1. The molecule has 13 nitrogen and oxygen atoms in total. The van der Waals surface area contributed by atoms with Crippen LogP contribution in [-0.2, 0) is 27.9 Å². The minimum absolute atomic E-state index is 0.117. The Hall–Kier alpha value is -0.960. The zero-order chi connectivity index (χ0) is 50.3. The van der Waals surface area contributed by atoms with Gasteiger partial charge >= 0.3 is 0 Å². The van der Waals surface area contributed by atoms with E-state index in [2.05, 4.69) is 26.1 Å². The number of unbranched alkanes of at least 4 members (excludes halogenated alkanes) is 29. The molecule has 1 amide bonds. The van der Waals surface area contributed by atoms with Crippen LogP contribution in [0.1, 0.15) is 233 Å². The number of amides is 1. The topological polar surface area (TPSA) is 187 Å². The first-order valence-corrected chi connectivity index (χ1v) is 29.4. The third kappa shape index (κ3) is 36.9. The van der Waals surface area contributed by atoms with E-state index in [0.717, 1.165) is 50.9 Å². The number of aliphatic hydroxyl groups is 4. The first-order chi connectivity index (χ1) is 32.6. The Kier molecular flexibility index (Phi) is 39.7. The Balaban J connectivity index is 2.53. The van der Waals surface area contributed by atoms with Gasteiger partial charge in [-0.2, -0.15) is 0 Å². The monoisotopic (exact) mass is 991 g/mol. The van der Waals surface area contributed by atoms with Crippen LogP contribution in [0.5, 0.6) is 0 Å². The molecule has 0 saturated carbocycles. The molecule has 68 heavy (non-hydrogen) atoms. The first-order valence-electron chi connectivity index (χ1n) is 27.9. The number of phosphoric ester groups is 1. The molecule has 0 spiro atoms. The number of hydrogen-bond acceptors (Lipinski definition) is 11. The predicted molar refractivity (Wildman–Crippen MR) is 275 cm³/mol. The number of rotatable bonds is 47. The number of likely N-dealkylation sites (N-methyl/N-ethyl adjacent to an activating group) is 1. The summed E-state index contributed by atoms with van der Waals surface area (Å²) in [5.41, 5.74) is 0. The van der Waals surface area contributed by atoms with Crippen LogP contribution in [0.15, 0.2) is 12.2 Å². The summed E-state index contributed by atoms with van der Waals surface area (Å²) in [6, 6.07) is -0.903. The Labute approximate surface area is 416 Å². The second kappa shape index (κ2) is 41.5. The molecule has 1 unspecified atom stereocenters. The number of hydrogen-bond donors (Lipinski definition) is 5. The number of aliphatic hydroxyl groups excluding tert-OH is 4. The van der Waals surface area contributed by atoms with Gasteiger partial charge in [-0.3, -0.25) is 9.36 Å². The molecule has 0 radical (unpaired) electrons. The van der Waals surface area contributed by atoms with Crippen LogP contribution in [0.25, 0.3) is 0 Å². The van der Waals surface area contributed by atoms with Gasteiger partial charge in [0.1, 0.15) is 37.6 Å². The van der Waals surface area contributed by atoms with Crippen molar-refractivity contribution >= 4 is 13.7 Å². The lowest BCUT2D eigenvalue weighted by molar-refractivity contribution is -0.870. The smallest absolute Gasteiger partial charge is 0.268 e. The molecule has 14 heteroatoms. The van der Waals surface area contributed by atoms with Crippen molar-refractivity contribution in [1.29, 1.82) is 0 Å². The van der Waals surface area contributed by atoms with Crippen molar-refractivity contribution < 1.29 is 57.7 Å². The van der Waals surface area contributed by atoms with Gasteiger partial charge in [0, 0.05) is 6.42 Å². The van der Waals surface area contributed by atoms with Crippen molar-refractivity contribution in [2.24, 2.45) is 5.92 Å². The van der Waals surface area contributed by atoms with Gasteiger partial charge in [0.05, 0.1) is 46.5 Å². The maximum atomic E-state index is 13.2. The van der Waals surface area contributed by atoms with Crippen LogP contribution in [0, 0.1) is 5.92 Å². The number of nitrogens with one attached hydrogen (secondary N) is 1. The average molecular weight is 991 g/mol. The van der Waals surface area contributed by atoms with Gasteiger partial charge in [0.2, 0.25) is 5.91 Å². The SMILES string of the molecule is CCCCCCCCCCCCCCCCCCCCCCCC(=O)N[C@@H](CO[C@@H]1O[C@H](COP(=O)([O-])OCC[N+](C)(C)C)[C@H](O)[C@H](O)[C@H]1O)[C@H](O)/C=C/CCCCCCCCCCCC(C)C. The minimum atomic E-state index is -4.77. The highest BCUT2D eigenvalue weighted by molar-refractivity contribution is 7.45. The molecule has 0 aromatic rings. The van der Waals surface area contributed by atoms with Crippen molar-refractivity contribution in [3.05, 3.63) is 12.2 Å². The van der Waals surface area contributed by atoms with Gasteiger partial charge in [-0.15, -0.1) is 0 Å². The summed E-state index contributed by atoms with van der Waals surface area (Å²) in [6.45, 7) is 6.14. The van der Waals surface area contributed by atoms with Gasteiger partial charge in [-0.05, 0) is 25.2 Å². The molecule has 8 atom stereocenters. The van der Waals surface area contributed by atoms with Gasteiger partial charge in [-0.25, -0.2) is 0 Å². The number of nitrogens with zero attached hydrogens (tertiary/aromatic N) is 1. The van der Waals surface area contributed by atoms with Crippen molar-refractivity contribution in [2.45, 2.75) is 276 Å². The fraction of sp³-hybridized carbons (Fsp3) is 0.944. The summed E-state index contributed by atoms with van der Waals surface area (Å²) in [6.07, 6.45) is 34.9.